The fourth-order valence-corrected chi connectivity index (χ4v) is 9.32. The normalized spacial score (nSPS) is 21.7. The Labute approximate surface area is 330 Å². The van der Waals surface area contributed by atoms with E-state index in [2.05, 4.69) is 46.8 Å². The number of aliphatic carboxylic acids is 2. The lowest BCUT2D eigenvalue weighted by molar-refractivity contribution is -0.937. The van der Waals surface area contributed by atoms with Gasteiger partial charge in [0, 0.05) is 28.7 Å². The number of carboxylic acid groups (broad SMARTS) is 2. The van der Waals surface area contributed by atoms with E-state index in [1.165, 1.54) is 35.9 Å². The third-order valence-electron chi connectivity index (χ3n) is 10.0. The predicted octanol–water partition coefficient (Wildman–Crippen LogP) is 4.08. The summed E-state index contributed by atoms with van der Waals surface area (Å²) in [6, 6.07) is 8.87. The molecule has 3 aliphatic rings. The Morgan fingerprint density at radius 2 is 1.87 bits per heavy atom. The number of thioether (sulfide) groups is 1. The molecule has 2 amide bonds. The molecule has 18 heteroatoms. The van der Waals surface area contributed by atoms with Crippen LogP contribution in [0.15, 0.2) is 52.1 Å². The zero-order valence-corrected chi connectivity index (χ0v) is 32.9. The first-order chi connectivity index (χ1) is 25.9. The number of phenolic OH excluding ortho intramolecular Hbond substituents is 2. The smallest absolute Gasteiger partial charge is 0.352 e. The number of amides is 2. The Bertz CT molecular complexity index is 2120. The summed E-state index contributed by atoms with van der Waals surface area (Å²) in [5, 5.41) is 47.3. The second-order valence-corrected chi connectivity index (χ2v) is 17.3. The molecular weight excluding hydrogens is 772 g/mol. The van der Waals surface area contributed by atoms with E-state index < -0.39 is 40.8 Å². The fraction of sp³-hybridized carbons (Fsp3) is 0.405. The number of nitrogens with two attached hydrogens (primary N) is 1. The highest BCUT2D eigenvalue weighted by Gasteiger charge is 2.54. The van der Waals surface area contributed by atoms with Crippen molar-refractivity contribution in [2.75, 3.05) is 25.1 Å². The number of carbonyl (C=O) groups excluding carboxylic acids is 2. The lowest BCUT2D eigenvalue weighted by Gasteiger charge is -2.49. The number of aromatic nitrogens is 1. The summed E-state index contributed by atoms with van der Waals surface area (Å²) in [6.07, 6.45) is 1.81. The quantitative estimate of drug-likeness (QED) is 0.0472. The monoisotopic (exact) mass is 813 g/mol. The molecule has 0 bridgehead atoms. The molecule has 0 saturated carbocycles. The number of phenols is 2. The van der Waals surface area contributed by atoms with Crippen LogP contribution in [0.3, 0.4) is 0 Å². The Kier molecular flexibility index (Phi) is 11.1. The minimum absolute atomic E-state index is 0.0252. The average Bonchev–Trinajstić information content (AvgIpc) is 3.55. The van der Waals surface area contributed by atoms with Crippen molar-refractivity contribution < 1.29 is 48.9 Å². The highest BCUT2D eigenvalue weighted by Crippen LogP contribution is 2.43. The number of aromatic hydroxyl groups is 2. The predicted molar refractivity (Wildman–Crippen MR) is 206 cm³/mol. The molecule has 2 aromatic carbocycles. The molecule has 0 radical (unpaired) electrons. The fourth-order valence-electron chi connectivity index (χ4n) is 7.10. The number of fused-ring (bicyclic) bond motifs is 2. The number of benzene rings is 2. The van der Waals surface area contributed by atoms with E-state index in [0.29, 0.717) is 41.6 Å². The minimum Gasteiger partial charge on any atom is -0.504 e. The van der Waals surface area contributed by atoms with Crippen molar-refractivity contribution in [1.29, 1.82) is 0 Å². The van der Waals surface area contributed by atoms with Crippen LogP contribution in [0.5, 0.6) is 11.5 Å². The molecule has 7 N–H and O–H groups in total. The summed E-state index contributed by atoms with van der Waals surface area (Å²) in [7, 11) is 2.15. The van der Waals surface area contributed by atoms with Gasteiger partial charge in [-0.25, -0.2) is 14.6 Å². The number of nitrogens with one attached hydrogen (secondary N) is 1. The van der Waals surface area contributed by atoms with Gasteiger partial charge in [0.25, 0.3) is 11.8 Å². The number of anilines is 1. The number of nitrogen functional groups attached to an aromatic ring is 1. The Morgan fingerprint density at radius 1 is 1.18 bits per heavy atom. The molecule has 55 heavy (non-hydrogen) atoms. The topological polar surface area (TPSA) is 225 Å². The molecule has 0 spiro atoms. The van der Waals surface area contributed by atoms with Gasteiger partial charge in [0.1, 0.15) is 35.9 Å². The number of carboxylic acids is 2. The van der Waals surface area contributed by atoms with Crippen molar-refractivity contribution in [3.63, 3.8) is 0 Å². The van der Waals surface area contributed by atoms with Gasteiger partial charge < -0.3 is 40.8 Å². The second-order valence-electron chi connectivity index (χ2n) is 15.0. The molecule has 15 nitrogen and oxygen atoms in total. The second kappa shape index (κ2) is 15.4. The number of carbonyl (C=O) groups is 4. The summed E-state index contributed by atoms with van der Waals surface area (Å²) < 4.78 is 0.711. The molecule has 292 valence electrons. The molecule has 0 aliphatic carbocycles. The number of likely N-dealkylation sites (N-methyl/N-ethyl adjacent to an activating group) is 1. The standard InChI is InChI=1S/C37H41ClN6O9S2/c1-18(11-19-5-7-20(8-6-19)14-44(4)10-9-23-21(15-44)13-25(45)30(46)26(23)38)12-22-16-54-33-28(32(48)43(33)29(22)34(49)50)41-31(47)27(24-17-55-36(39)40-24)42-53-37(2,3)35(51)52/h5-8,13,17-18,28,33H,9-12,14-16H2,1-4H3,(H6-,39,40,41,42,45,46,47,49,50,51,52)/p+1/t18?,28-,33-,44?/m1/s1. The van der Waals surface area contributed by atoms with Crippen molar-refractivity contribution in [3.05, 3.63) is 80.0 Å². The van der Waals surface area contributed by atoms with Crippen LogP contribution in [0.1, 0.15) is 55.1 Å². The van der Waals surface area contributed by atoms with Crippen LogP contribution >= 0.6 is 34.7 Å². The number of hydrogen-bond donors (Lipinski definition) is 6. The largest absolute Gasteiger partial charge is 0.504 e. The van der Waals surface area contributed by atoms with Gasteiger partial charge in [0.15, 0.2) is 22.3 Å². The Hall–Kier alpha value is -4.84. The molecule has 2 unspecified atom stereocenters. The molecule has 3 aromatic rings. The number of oxime groups is 1. The van der Waals surface area contributed by atoms with E-state index in [-0.39, 0.29) is 44.7 Å². The van der Waals surface area contributed by atoms with Crippen LogP contribution in [0.2, 0.25) is 5.02 Å². The maximum atomic E-state index is 13.4. The van der Waals surface area contributed by atoms with Crippen LogP contribution in [-0.2, 0) is 49.9 Å². The molecular formula is C37H42ClN6O9S2+. The van der Waals surface area contributed by atoms with Gasteiger partial charge in [0.2, 0.25) is 5.60 Å². The first-order valence-corrected chi connectivity index (χ1v) is 19.7. The van der Waals surface area contributed by atoms with Crippen molar-refractivity contribution in [3.8, 4) is 11.5 Å². The molecule has 4 atom stereocenters. The number of β-lactam (4-membered cyclic amide) rings is 1. The lowest BCUT2D eigenvalue weighted by atomic mass is 9.91. The zero-order valence-electron chi connectivity index (χ0n) is 30.5. The van der Waals surface area contributed by atoms with Gasteiger partial charge in [0.05, 0.1) is 18.6 Å². The third-order valence-corrected chi connectivity index (χ3v) is 12.5. The van der Waals surface area contributed by atoms with E-state index >= 15 is 0 Å². The third kappa shape index (κ3) is 8.24. The van der Waals surface area contributed by atoms with E-state index in [1.807, 2.05) is 6.92 Å². The number of thiazole rings is 1. The number of rotatable bonds is 13. The SMILES string of the molecule is CC(CC1=C(C(=O)O)N2C(=O)[C@@H](NC(=O)/C(=N\OC(C)(C)C(=O)O)c3csc(N)n3)[C@H]2SC1)Cc1ccc(C[N+]2(C)CCc3c(cc(O)c(O)c3Cl)C2)cc1. The molecule has 1 aromatic heterocycles. The van der Waals surface area contributed by atoms with Crippen molar-refractivity contribution in [2.45, 2.75) is 70.1 Å². The maximum absolute atomic E-state index is 13.4. The van der Waals surface area contributed by atoms with E-state index in [9.17, 15) is 39.6 Å². The van der Waals surface area contributed by atoms with Crippen LogP contribution < -0.4 is 11.1 Å². The molecule has 1 saturated heterocycles. The van der Waals surface area contributed by atoms with Gasteiger partial charge in [-0.3, -0.25) is 14.5 Å². The van der Waals surface area contributed by atoms with Crippen molar-refractivity contribution in [1.82, 2.24) is 15.2 Å². The number of halogens is 1. The van der Waals surface area contributed by atoms with E-state index in [0.717, 1.165) is 46.7 Å². The highest BCUT2D eigenvalue weighted by molar-refractivity contribution is 8.00. The van der Waals surface area contributed by atoms with Crippen LogP contribution in [0.4, 0.5) is 5.13 Å². The average molecular weight is 814 g/mol. The first kappa shape index (κ1) is 39.8. The summed E-state index contributed by atoms with van der Waals surface area (Å²) in [5.41, 5.74) is 8.18. The Balaban J connectivity index is 1.09. The zero-order chi connectivity index (χ0) is 40.0. The summed E-state index contributed by atoms with van der Waals surface area (Å²) in [5.74, 6) is -4.11. The van der Waals surface area contributed by atoms with Gasteiger partial charge in [-0.05, 0) is 55.4 Å². The van der Waals surface area contributed by atoms with E-state index in [1.54, 1.807) is 6.07 Å². The summed E-state index contributed by atoms with van der Waals surface area (Å²) >= 11 is 8.68. The number of hydrogen-bond acceptors (Lipinski definition) is 12. The van der Waals surface area contributed by atoms with Crippen molar-refractivity contribution >= 4 is 69.3 Å². The minimum atomic E-state index is -1.77. The summed E-state index contributed by atoms with van der Waals surface area (Å²) in [4.78, 5) is 61.3. The molecule has 3 aliphatic heterocycles. The molecule has 4 heterocycles. The molecule has 1 fully saturated rings. The van der Waals surface area contributed by atoms with Gasteiger partial charge in [-0.1, -0.05) is 47.9 Å². The first-order valence-electron chi connectivity index (χ1n) is 17.4. The highest BCUT2D eigenvalue weighted by atomic mass is 35.5. The van der Waals surface area contributed by atoms with Crippen LogP contribution in [-0.4, -0.2) is 101 Å². The number of quaternary nitrogens is 1. The number of nitrogens with zero attached hydrogens (tertiary/aromatic N) is 4. The van der Waals surface area contributed by atoms with Gasteiger partial charge in [-0.15, -0.1) is 23.1 Å². The van der Waals surface area contributed by atoms with Crippen LogP contribution in [0.25, 0.3) is 0 Å². The molecule has 6 rings (SSSR count). The van der Waals surface area contributed by atoms with Gasteiger partial charge in [-0.2, -0.15) is 0 Å². The van der Waals surface area contributed by atoms with Gasteiger partial charge >= 0.3 is 11.9 Å². The lowest BCUT2D eigenvalue weighted by Crippen LogP contribution is -2.71. The maximum Gasteiger partial charge on any atom is 0.352 e. The van der Waals surface area contributed by atoms with E-state index in [4.69, 9.17) is 22.2 Å². The summed E-state index contributed by atoms with van der Waals surface area (Å²) in [6.45, 7) is 6.78. The van der Waals surface area contributed by atoms with Crippen molar-refractivity contribution in [2.24, 2.45) is 11.1 Å². The Morgan fingerprint density at radius 3 is 2.51 bits per heavy atom. The van der Waals surface area contributed by atoms with Crippen LogP contribution in [0, 0.1) is 5.92 Å².